The number of rotatable bonds is 8. The fourth-order valence-electron chi connectivity index (χ4n) is 3.84. The highest BCUT2D eigenvalue weighted by molar-refractivity contribution is 7.89. The zero-order chi connectivity index (χ0) is 20.9. The fourth-order valence-corrected chi connectivity index (χ4v) is 5.13. The Morgan fingerprint density at radius 3 is 2.62 bits per heavy atom. The van der Waals surface area contributed by atoms with E-state index in [1.165, 1.54) is 11.1 Å². The first-order valence-electron chi connectivity index (χ1n) is 10.6. The van der Waals surface area contributed by atoms with Crippen molar-refractivity contribution in [2.24, 2.45) is 4.99 Å². The molecule has 0 radical (unpaired) electrons. The maximum absolute atomic E-state index is 12.5. The summed E-state index contributed by atoms with van der Waals surface area (Å²) in [7, 11) is -3.27. The molecular formula is C21H34N4O3S. The molecule has 1 aliphatic carbocycles. The lowest BCUT2D eigenvalue weighted by molar-refractivity contribution is 0.0904. The molecular weight excluding hydrogens is 388 g/mol. The van der Waals surface area contributed by atoms with Crippen LogP contribution in [0.1, 0.15) is 37.8 Å². The molecule has 1 heterocycles. The average Bonchev–Trinajstić information content (AvgIpc) is 2.67. The van der Waals surface area contributed by atoms with Crippen molar-refractivity contribution in [1.82, 2.24) is 14.5 Å². The molecule has 0 aromatic heterocycles. The largest absolute Gasteiger partial charge is 0.378 e. The smallest absolute Gasteiger partial charge is 0.216 e. The zero-order valence-corrected chi connectivity index (χ0v) is 18.6. The molecule has 1 unspecified atom stereocenters. The number of benzene rings is 1. The van der Waals surface area contributed by atoms with Crippen molar-refractivity contribution in [3.63, 3.8) is 0 Å². The first-order valence-corrected chi connectivity index (χ1v) is 12.2. The summed E-state index contributed by atoms with van der Waals surface area (Å²) in [5, 5.41) is 3.37. The lowest BCUT2D eigenvalue weighted by Gasteiger charge is -2.36. The third-order valence-electron chi connectivity index (χ3n) is 5.48. The third-order valence-corrected chi connectivity index (χ3v) is 7.32. The molecule has 2 aliphatic rings. The maximum atomic E-state index is 12.5. The molecule has 1 saturated heterocycles. The Morgan fingerprint density at radius 2 is 1.97 bits per heavy atom. The van der Waals surface area contributed by atoms with Crippen molar-refractivity contribution in [3.8, 4) is 0 Å². The molecule has 1 N–H and O–H groups in total. The van der Waals surface area contributed by atoms with E-state index >= 15 is 0 Å². The van der Waals surface area contributed by atoms with E-state index in [0.29, 0.717) is 32.1 Å². The summed E-state index contributed by atoms with van der Waals surface area (Å²) >= 11 is 0. The summed E-state index contributed by atoms with van der Waals surface area (Å²) < 4.78 is 32.1. The Hall–Kier alpha value is -1.64. The maximum Gasteiger partial charge on any atom is 0.216 e. The van der Waals surface area contributed by atoms with Crippen molar-refractivity contribution in [2.45, 2.75) is 39.2 Å². The van der Waals surface area contributed by atoms with Crippen LogP contribution >= 0.6 is 0 Å². The number of hydrogen-bond donors (Lipinski definition) is 1. The highest BCUT2D eigenvalue weighted by atomic mass is 32.2. The standard InChI is InChI=1S/C21H34N4O3S/c1-4-22-21(23-16-19-15-18-7-5-6-8-20(18)19)24-9-11-25(12-10-24)29(26,27)14-13-28-17(2)3/h5-8,17,19H,4,9-16H2,1-3H3,(H,22,23). The van der Waals surface area contributed by atoms with Crippen molar-refractivity contribution in [2.75, 3.05) is 51.6 Å². The summed E-state index contributed by atoms with van der Waals surface area (Å²) in [6, 6.07) is 8.56. The van der Waals surface area contributed by atoms with Crippen LogP contribution in [0.15, 0.2) is 29.3 Å². The molecule has 1 aliphatic heterocycles. The van der Waals surface area contributed by atoms with Crippen LogP contribution in [0.4, 0.5) is 0 Å². The average molecular weight is 423 g/mol. The van der Waals surface area contributed by atoms with Gasteiger partial charge in [-0.2, -0.15) is 4.31 Å². The molecule has 7 nitrogen and oxygen atoms in total. The predicted molar refractivity (Wildman–Crippen MR) is 117 cm³/mol. The van der Waals surface area contributed by atoms with E-state index in [0.717, 1.165) is 25.5 Å². The van der Waals surface area contributed by atoms with E-state index in [2.05, 4.69) is 41.4 Å². The SMILES string of the molecule is CCNC(=NCC1Cc2ccccc21)N1CCN(S(=O)(=O)CCOC(C)C)CC1. The predicted octanol–water partition coefficient (Wildman–Crippen LogP) is 1.66. The molecule has 1 fully saturated rings. The van der Waals surface area contributed by atoms with Gasteiger partial charge in [0.15, 0.2) is 5.96 Å². The van der Waals surface area contributed by atoms with E-state index < -0.39 is 10.0 Å². The highest BCUT2D eigenvalue weighted by Gasteiger charge is 2.29. The van der Waals surface area contributed by atoms with Gasteiger partial charge in [-0.1, -0.05) is 24.3 Å². The van der Waals surface area contributed by atoms with Gasteiger partial charge in [-0.15, -0.1) is 0 Å². The number of piperazine rings is 1. The number of fused-ring (bicyclic) bond motifs is 1. The van der Waals surface area contributed by atoms with Gasteiger partial charge < -0.3 is 15.0 Å². The molecule has 8 heteroatoms. The van der Waals surface area contributed by atoms with Gasteiger partial charge in [0, 0.05) is 45.2 Å². The summed E-state index contributed by atoms with van der Waals surface area (Å²) in [4.78, 5) is 7.03. The van der Waals surface area contributed by atoms with Crippen molar-refractivity contribution < 1.29 is 13.2 Å². The van der Waals surface area contributed by atoms with E-state index in [1.54, 1.807) is 4.31 Å². The molecule has 162 valence electrons. The molecule has 1 atom stereocenters. The second kappa shape index (κ2) is 9.91. The number of aliphatic imine (C=N–C) groups is 1. The number of hydrogen-bond acceptors (Lipinski definition) is 4. The Bertz CT molecular complexity index is 802. The number of nitrogens with one attached hydrogen (secondary N) is 1. The Morgan fingerprint density at radius 1 is 1.24 bits per heavy atom. The second-order valence-corrected chi connectivity index (χ2v) is 10.0. The summed E-state index contributed by atoms with van der Waals surface area (Å²) in [5.41, 5.74) is 2.84. The summed E-state index contributed by atoms with van der Waals surface area (Å²) in [6.45, 7) is 9.97. The van der Waals surface area contributed by atoms with Crippen LogP contribution in [0.25, 0.3) is 0 Å². The zero-order valence-electron chi connectivity index (χ0n) is 17.8. The molecule has 29 heavy (non-hydrogen) atoms. The monoisotopic (exact) mass is 422 g/mol. The first kappa shape index (κ1) is 22.1. The lowest BCUT2D eigenvalue weighted by atomic mass is 9.78. The van der Waals surface area contributed by atoms with Crippen LogP contribution in [0, 0.1) is 0 Å². The van der Waals surface area contributed by atoms with Crippen molar-refractivity contribution in [3.05, 3.63) is 35.4 Å². The van der Waals surface area contributed by atoms with E-state index in [9.17, 15) is 8.42 Å². The van der Waals surface area contributed by atoms with Crippen molar-refractivity contribution >= 4 is 16.0 Å². The summed E-state index contributed by atoms with van der Waals surface area (Å²) in [5.74, 6) is 1.42. The van der Waals surface area contributed by atoms with Crippen LogP contribution in [0.2, 0.25) is 0 Å². The second-order valence-electron chi connectivity index (χ2n) is 7.92. The van der Waals surface area contributed by atoms with Crippen molar-refractivity contribution in [1.29, 1.82) is 0 Å². The Labute approximate surface area is 175 Å². The van der Waals surface area contributed by atoms with Crippen LogP contribution in [-0.4, -0.2) is 81.3 Å². The number of guanidine groups is 1. The van der Waals surface area contributed by atoms with Gasteiger partial charge in [-0.25, -0.2) is 8.42 Å². The molecule has 0 amide bonds. The number of nitrogens with zero attached hydrogens (tertiary/aromatic N) is 3. The van der Waals surface area contributed by atoms with E-state index in [1.807, 2.05) is 13.8 Å². The van der Waals surface area contributed by atoms with E-state index in [4.69, 9.17) is 9.73 Å². The van der Waals surface area contributed by atoms with Gasteiger partial charge in [-0.3, -0.25) is 4.99 Å². The van der Waals surface area contributed by atoms with Crippen LogP contribution in [0.5, 0.6) is 0 Å². The van der Waals surface area contributed by atoms with Crippen LogP contribution in [0.3, 0.4) is 0 Å². The minimum absolute atomic E-state index is 0.0421. The normalized spacial score (nSPS) is 20.5. The number of sulfonamides is 1. The lowest BCUT2D eigenvalue weighted by Crippen LogP contribution is -2.54. The molecule has 3 rings (SSSR count). The van der Waals surface area contributed by atoms with Crippen LogP contribution < -0.4 is 5.32 Å². The Kier molecular flexibility index (Phi) is 7.54. The van der Waals surface area contributed by atoms with E-state index in [-0.39, 0.29) is 18.5 Å². The molecule has 0 spiro atoms. The van der Waals surface area contributed by atoms with Crippen LogP contribution in [-0.2, 0) is 21.2 Å². The topological polar surface area (TPSA) is 74.2 Å². The summed E-state index contributed by atoms with van der Waals surface area (Å²) in [6.07, 6.45) is 1.13. The number of ether oxygens (including phenoxy) is 1. The van der Waals surface area contributed by atoms with Gasteiger partial charge in [0.05, 0.1) is 18.5 Å². The molecule has 1 aromatic carbocycles. The Balaban J connectivity index is 1.53. The fraction of sp³-hybridized carbons (Fsp3) is 0.667. The van der Waals surface area contributed by atoms with Gasteiger partial charge in [-0.05, 0) is 38.3 Å². The highest BCUT2D eigenvalue weighted by Crippen LogP contribution is 2.34. The first-order chi connectivity index (χ1) is 13.9. The molecule has 1 aromatic rings. The van der Waals surface area contributed by atoms with Gasteiger partial charge in [0.1, 0.15) is 0 Å². The van der Waals surface area contributed by atoms with Gasteiger partial charge >= 0.3 is 0 Å². The minimum Gasteiger partial charge on any atom is -0.378 e. The molecule has 0 bridgehead atoms. The minimum atomic E-state index is -3.27. The van der Waals surface area contributed by atoms with Gasteiger partial charge in [0.25, 0.3) is 0 Å². The molecule has 0 saturated carbocycles. The third kappa shape index (κ3) is 5.71. The van der Waals surface area contributed by atoms with Gasteiger partial charge in [0.2, 0.25) is 10.0 Å². The quantitative estimate of drug-likeness (QED) is 0.510.